The predicted molar refractivity (Wildman–Crippen MR) is 76.0 cm³/mol. The monoisotopic (exact) mass is 224 g/mol. The van der Waals surface area contributed by atoms with Crippen LogP contribution in [0.5, 0.6) is 0 Å². The molecule has 2 atom stereocenters. The van der Waals surface area contributed by atoms with Crippen LogP contribution >= 0.6 is 0 Å². The van der Waals surface area contributed by atoms with Crippen LogP contribution in [0.1, 0.15) is 37.3 Å². The SMILES string of the molecule is C1=CC2C=Cc3ccccc3C2C=CC1.CC. The molecule has 0 fully saturated rings. The molecule has 0 aliphatic heterocycles. The fraction of sp³-hybridized carbons (Fsp3) is 0.294. The van der Waals surface area contributed by atoms with Crippen LogP contribution in [-0.4, -0.2) is 0 Å². The van der Waals surface area contributed by atoms with Crippen LogP contribution in [0.15, 0.2) is 54.6 Å². The van der Waals surface area contributed by atoms with Gasteiger partial charge in [-0.25, -0.2) is 0 Å². The zero-order valence-electron chi connectivity index (χ0n) is 10.6. The van der Waals surface area contributed by atoms with Gasteiger partial charge in [0.25, 0.3) is 0 Å². The normalized spacial score (nSPS) is 24.1. The summed E-state index contributed by atoms with van der Waals surface area (Å²) in [5.41, 5.74) is 2.84. The van der Waals surface area contributed by atoms with Gasteiger partial charge < -0.3 is 0 Å². The van der Waals surface area contributed by atoms with Crippen LogP contribution in [0.25, 0.3) is 6.08 Å². The third-order valence-corrected chi connectivity index (χ3v) is 3.24. The lowest BCUT2D eigenvalue weighted by Crippen LogP contribution is -2.10. The molecule has 0 saturated heterocycles. The number of benzene rings is 1. The Bertz CT molecular complexity index is 449. The highest BCUT2D eigenvalue weighted by molar-refractivity contribution is 5.60. The molecule has 0 aromatic heterocycles. The number of allylic oxidation sites excluding steroid dienone is 5. The number of fused-ring (bicyclic) bond motifs is 3. The summed E-state index contributed by atoms with van der Waals surface area (Å²) in [6.07, 6.45) is 14.9. The van der Waals surface area contributed by atoms with E-state index in [4.69, 9.17) is 0 Å². The van der Waals surface area contributed by atoms with Gasteiger partial charge in [0.15, 0.2) is 0 Å². The van der Waals surface area contributed by atoms with E-state index in [2.05, 4.69) is 60.7 Å². The summed E-state index contributed by atoms with van der Waals surface area (Å²) >= 11 is 0. The van der Waals surface area contributed by atoms with Crippen molar-refractivity contribution in [1.29, 1.82) is 0 Å². The van der Waals surface area contributed by atoms with Crippen molar-refractivity contribution in [2.24, 2.45) is 5.92 Å². The zero-order valence-corrected chi connectivity index (χ0v) is 10.6. The molecule has 0 heteroatoms. The van der Waals surface area contributed by atoms with Crippen molar-refractivity contribution >= 4 is 6.08 Å². The molecule has 2 aliphatic carbocycles. The van der Waals surface area contributed by atoms with Crippen LogP contribution in [-0.2, 0) is 0 Å². The molecular weight excluding hydrogens is 204 g/mol. The maximum absolute atomic E-state index is 2.35. The molecule has 2 aliphatic rings. The average Bonchev–Trinajstić information content (AvgIpc) is 2.66. The molecule has 0 bridgehead atoms. The fourth-order valence-electron chi connectivity index (χ4n) is 2.46. The second-order valence-corrected chi connectivity index (χ2v) is 4.18. The third-order valence-electron chi connectivity index (χ3n) is 3.24. The summed E-state index contributed by atoms with van der Waals surface area (Å²) in [5.74, 6) is 1.10. The zero-order chi connectivity index (χ0) is 12.1. The molecule has 2 unspecified atom stereocenters. The first-order chi connectivity index (χ1) is 8.45. The van der Waals surface area contributed by atoms with Crippen molar-refractivity contribution in [2.75, 3.05) is 0 Å². The number of hydrogen-bond donors (Lipinski definition) is 0. The Kier molecular flexibility index (Phi) is 3.98. The van der Waals surface area contributed by atoms with Crippen LogP contribution < -0.4 is 0 Å². The van der Waals surface area contributed by atoms with E-state index in [9.17, 15) is 0 Å². The highest BCUT2D eigenvalue weighted by Crippen LogP contribution is 2.36. The number of rotatable bonds is 0. The van der Waals surface area contributed by atoms with Gasteiger partial charge in [0, 0.05) is 11.8 Å². The van der Waals surface area contributed by atoms with Crippen LogP contribution in [0.2, 0.25) is 0 Å². The van der Waals surface area contributed by atoms with E-state index in [0.29, 0.717) is 11.8 Å². The largest absolute Gasteiger partial charge is 0.0841 e. The molecule has 0 heterocycles. The minimum absolute atomic E-state index is 0.546. The second-order valence-electron chi connectivity index (χ2n) is 4.18. The van der Waals surface area contributed by atoms with E-state index in [-0.39, 0.29) is 0 Å². The third kappa shape index (κ3) is 2.41. The highest BCUT2D eigenvalue weighted by atomic mass is 14.3. The molecular formula is C17H20. The first-order valence-electron chi connectivity index (χ1n) is 6.55. The maximum Gasteiger partial charge on any atom is 0.0122 e. The molecule has 1 aromatic rings. The molecule has 0 radical (unpaired) electrons. The van der Waals surface area contributed by atoms with Gasteiger partial charge in [-0.3, -0.25) is 0 Å². The molecule has 17 heavy (non-hydrogen) atoms. The summed E-state index contributed by atoms with van der Waals surface area (Å²) in [7, 11) is 0. The molecule has 0 N–H and O–H groups in total. The van der Waals surface area contributed by atoms with E-state index < -0.39 is 0 Å². The standard InChI is InChI=1S/C15H14.C2H6/c1-2-6-12-10-11-13-7-4-5-9-15(13)14(12)8-3-1;1-2/h2-12,14H,1H2;1-2H3. The Morgan fingerprint density at radius 1 is 0.941 bits per heavy atom. The van der Waals surface area contributed by atoms with Crippen molar-refractivity contribution in [1.82, 2.24) is 0 Å². The van der Waals surface area contributed by atoms with Gasteiger partial charge in [-0.1, -0.05) is 74.6 Å². The lowest BCUT2D eigenvalue weighted by molar-refractivity contribution is 0.702. The Balaban J connectivity index is 0.000000514. The van der Waals surface area contributed by atoms with Crippen LogP contribution in [0.3, 0.4) is 0 Å². The van der Waals surface area contributed by atoms with E-state index in [1.54, 1.807) is 0 Å². The molecule has 3 rings (SSSR count). The molecule has 0 amide bonds. The average molecular weight is 224 g/mol. The number of hydrogen-bond acceptors (Lipinski definition) is 0. The van der Waals surface area contributed by atoms with E-state index in [1.807, 2.05) is 13.8 Å². The van der Waals surface area contributed by atoms with Gasteiger partial charge in [0.2, 0.25) is 0 Å². The second kappa shape index (κ2) is 5.67. The van der Waals surface area contributed by atoms with Crippen LogP contribution in [0, 0.1) is 5.92 Å². The quantitative estimate of drug-likeness (QED) is 0.547. The van der Waals surface area contributed by atoms with Gasteiger partial charge in [0.05, 0.1) is 0 Å². The summed E-state index contributed by atoms with van der Waals surface area (Å²) < 4.78 is 0. The van der Waals surface area contributed by atoms with Gasteiger partial charge in [-0.05, 0) is 17.5 Å². The maximum atomic E-state index is 2.35. The van der Waals surface area contributed by atoms with Gasteiger partial charge in [0.1, 0.15) is 0 Å². The first kappa shape index (κ1) is 11.9. The van der Waals surface area contributed by atoms with E-state index in [0.717, 1.165) is 6.42 Å². The Hall–Kier alpha value is -1.56. The Labute approximate surface area is 104 Å². The minimum atomic E-state index is 0.546. The topological polar surface area (TPSA) is 0 Å². The van der Waals surface area contributed by atoms with E-state index in [1.165, 1.54) is 11.1 Å². The summed E-state index contributed by atoms with van der Waals surface area (Å²) in [4.78, 5) is 0. The molecule has 1 aromatic carbocycles. The van der Waals surface area contributed by atoms with Gasteiger partial charge >= 0.3 is 0 Å². The highest BCUT2D eigenvalue weighted by Gasteiger charge is 2.22. The predicted octanol–water partition coefficient (Wildman–Crippen LogP) is 4.96. The molecule has 0 nitrogen and oxygen atoms in total. The van der Waals surface area contributed by atoms with Crippen molar-refractivity contribution < 1.29 is 0 Å². The molecule has 0 spiro atoms. The van der Waals surface area contributed by atoms with E-state index >= 15 is 0 Å². The van der Waals surface area contributed by atoms with Crippen molar-refractivity contribution in [3.05, 3.63) is 65.8 Å². The summed E-state index contributed by atoms with van der Waals surface area (Å²) in [5, 5.41) is 0. The smallest absolute Gasteiger partial charge is 0.0122 e. The Morgan fingerprint density at radius 3 is 2.59 bits per heavy atom. The lowest BCUT2D eigenvalue weighted by Gasteiger charge is -2.24. The van der Waals surface area contributed by atoms with Crippen molar-refractivity contribution in [2.45, 2.75) is 26.2 Å². The van der Waals surface area contributed by atoms with Crippen molar-refractivity contribution in [3.8, 4) is 0 Å². The molecule has 88 valence electrons. The Morgan fingerprint density at radius 2 is 1.71 bits per heavy atom. The lowest BCUT2D eigenvalue weighted by atomic mass is 9.79. The molecule has 0 saturated carbocycles. The summed E-state index contributed by atoms with van der Waals surface area (Å²) in [6.45, 7) is 4.00. The van der Waals surface area contributed by atoms with Gasteiger partial charge in [-0.15, -0.1) is 0 Å². The van der Waals surface area contributed by atoms with Crippen molar-refractivity contribution in [3.63, 3.8) is 0 Å². The minimum Gasteiger partial charge on any atom is -0.0841 e. The summed E-state index contributed by atoms with van der Waals surface area (Å²) in [6, 6.07) is 8.70. The fourth-order valence-corrected chi connectivity index (χ4v) is 2.46. The van der Waals surface area contributed by atoms with Gasteiger partial charge in [-0.2, -0.15) is 0 Å². The van der Waals surface area contributed by atoms with Crippen LogP contribution in [0.4, 0.5) is 0 Å². The first-order valence-corrected chi connectivity index (χ1v) is 6.55.